The molecule has 0 radical (unpaired) electrons. The number of fused-ring (bicyclic) bond motifs is 10. The van der Waals surface area contributed by atoms with Crippen molar-refractivity contribution in [1.29, 1.82) is 0 Å². The highest BCUT2D eigenvalue weighted by Crippen LogP contribution is 2.44. The Morgan fingerprint density at radius 1 is 0.378 bits per heavy atom. The Kier molecular flexibility index (Phi) is 5.00. The van der Waals surface area contributed by atoms with Crippen LogP contribution < -0.4 is 0 Å². The molecule has 0 saturated heterocycles. The number of furan rings is 1. The van der Waals surface area contributed by atoms with E-state index in [0.29, 0.717) is 0 Å². The highest BCUT2D eigenvalue weighted by molar-refractivity contribution is 6.27. The molecule has 0 unspecified atom stereocenters. The molecule has 0 saturated carbocycles. The van der Waals surface area contributed by atoms with E-state index in [2.05, 4.69) is 161 Å². The summed E-state index contributed by atoms with van der Waals surface area (Å²) in [6, 6.07) is 56.5. The second-order valence-electron chi connectivity index (χ2n) is 11.7. The minimum Gasteiger partial charge on any atom is -0.456 e. The quantitative estimate of drug-likeness (QED) is 0.206. The van der Waals surface area contributed by atoms with Gasteiger partial charge in [-0.2, -0.15) is 0 Å². The van der Waals surface area contributed by atoms with Gasteiger partial charge in [-0.25, -0.2) is 0 Å². The molecule has 0 aliphatic carbocycles. The van der Waals surface area contributed by atoms with E-state index in [1.165, 1.54) is 54.7 Å². The largest absolute Gasteiger partial charge is 0.456 e. The Balaban J connectivity index is 1.38. The van der Waals surface area contributed by atoms with Crippen LogP contribution in [-0.4, -0.2) is 9.13 Å². The minimum atomic E-state index is 0.895. The van der Waals surface area contributed by atoms with Gasteiger partial charge >= 0.3 is 0 Å². The van der Waals surface area contributed by atoms with Crippen molar-refractivity contribution in [2.45, 2.75) is 0 Å². The average molecular weight is 575 g/mol. The zero-order valence-electron chi connectivity index (χ0n) is 24.3. The van der Waals surface area contributed by atoms with E-state index in [1.54, 1.807) is 0 Å². The molecule has 3 aromatic heterocycles. The smallest absolute Gasteiger partial charge is 0.137 e. The van der Waals surface area contributed by atoms with Gasteiger partial charge in [-0.05, 0) is 59.7 Å². The maximum Gasteiger partial charge on any atom is 0.137 e. The van der Waals surface area contributed by atoms with Crippen LogP contribution in [0.1, 0.15) is 0 Å². The van der Waals surface area contributed by atoms with Crippen LogP contribution in [0.4, 0.5) is 0 Å². The van der Waals surface area contributed by atoms with E-state index < -0.39 is 0 Å². The molecule has 10 aromatic rings. The lowest BCUT2D eigenvalue weighted by Crippen LogP contribution is -1.96. The third kappa shape index (κ3) is 3.41. The Bertz CT molecular complexity index is 2760. The summed E-state index contributed by atoms with van der Waals surface area (Å²) in [7, 11) is 0. The lowest BCUT2D eigenvalue weighted by molar-refractivity contribution is 0.669. The molecule has 0 amide bonds. The molecule has 3 heteroatoms. The standard InChI is InChI=1S/C42H26N2O/c1-2-12-27(13-3-1)28-14-10-15-29(26-28)43-35-20-8-5-17-32(35)41-37(43)25-24-31-30-16-4-7-19-34(30)44(42(31)41)36-21-11-23-39-40(36)33-18-6-9-22-38(33)45-39/h1-26H. The molecule has 0 aliphatic heterocycles. The van der Waals surface area contributed by atoms with Crippen molar-refractivity contribution in [3.63, 3.8) is 0 Å². The van der Waals surface area contributed by atoms with Crippen LogP contribution in [0.25, 0.3) is 88.1 Å². The summed E-state index contributed by atoms with van der Waals surface area (Å²) in [6.45, 7) is 0. The molecule has 0 fully saturated rings. The molecule has 0 atom stereocenters. The number of para-hydroxylation sites is 3. The summed E-state index contributed by atoms with van der Waals surface area (Å²) in [6.07, 6.45) is 0. The monoisotopic (exact) mass is 574 g/mol. The van der Waals surface area contributed by atoms with Crippen molar-refractivity contribution < 1.29 is 4.42 Å². The Morgan fingerprint density at radius 2 is 1.04 bits per heavy atom. The first-order valence-electron chi connectivity index (χ1n) is 15.4. The van der Waals surface area contributed by atoms with Gasteiger partial charge in [0, 0.05) is 32.6 Å². The van der Waals surface area contributed by atoms with E-state index in [1.807, 2.05) is 6.07 Å². The van der Waals surface area contributed by atoms with Crippen LogP contribution in [0.2, 0.25) is 0 Å². The third-order valence-corrected chi connectivity index (χ3v) is 9.30. The van der Waals surface area contributed by atoms with Gasteiger partial charge in [0.2, 0.25) is 0 Å². The van der Waals surface area contributed by atoms with Crippen LogP contribution in [0.3, 0.4) is 0 Å². The molecule has 10 rings (SSSR count). The second kappa shape index (κ2) is 9.22. The topological polar surface area (TPSA) is 23.0 Å². The fraction of sp³-hybridized carbons (Fsp3) is 0. The summed E-state index contributed by atoms with van der Waals surface area (Å²) >= 11 is 0. The van der Waals surface area contributed by atoms with Crippen molar-refractivity contribution in [3.05, 3.63) is 158 Å². The first-order valence-corrected chi connectivity index (χ1v) is 15.4. The van der Waals surface area contributed by atoms with Gasteiger partial charge in [0.05, 0.1) is 33.1 Å². The summed E-state index contributed by atoms with van der Waals surface area (Å²) in [5.41, 5.74) is 11.2. The molecular formula is C42H26N2O. The molecule has 0 bridgehead atoms. The van der Waals surface area contributed by atoms with E-state index in [4.69, 9.17) is 4.42 Å². The molecule has 3 nitrogen and oxygen atoms in total. The van der Waals surface area contributed by atoms with E-state index in [9.17, 15) is 0 Å². The highest BCUT2D eigenvalue weighted by Gasteiger charge is 2.22. The van der Waals surface area contributed by atoms with Crippen LogP contribution in [0.15, 0.2) is 162 Å². The summed E-state index contributed by atoms with van der Waals surface area (Å²) < 4.78 is 11.3. The molecule has 45 heavy (non-hydrogen) atoms. The fourth-order valence-electron chi connectivity index (χ4n) is 7.43. The van der Waals surface area contributed by atoms with Crippen molar-refractivity contribution >= 4 is 65.6 Å². The molecule has 210 valence electrons. The normalized spacial score (nSPS) is 12.0. The lowest BCUT2D eigenvalue weighted by Gasteiger charge is -2.12. The molecule has 7 aromatic carbocycles. The van der Waals surface area contributed by atoms with Crippen LogP contribution in [0.5, 0.6) is 0 Å². The molecule has 0 aliphatic rings. The predicted molar refractivity (Wildman–Crippen MR) is 188 cm³/mol. The van der Waals surface area contributed by atoms with Gasteiger partial charge in [0.25, 0.3) is 0 Å². The van der Waals surface area contributed by atoms with E-state index in [-0.39, 0.29) is 0 Å². The SMILES string of the molecule is c1ccc(-c2cccc(-n3c4ccccc4c4c3ccc3c5ccccc5n(-c5cccc6oc7ccccc7c56)c34)c2)cc1. The summed E-state index contributed by atoms with van der Waals surface area (Å²) in [5, 5.41) is 7.21. The van der Waals surface area contributed by atoms with Gasteiger partial charge in [-0.1, -0.05) is 109 Å². The van der Waals surface area contributed by atoms with E-state index in [0.717, 1.165) is 33.3 Å². The number of benzene rings is 7. The van der Waals surface area contributed by atoms with Crippen molar-refractivity contribution in [3.8, 4) is 22.5 Å². The van der Waals surface area contributed by atoms with Crippen molar-refractivity contribution in [2.24, 2.45) is 0 Å². The summed E-state index contributed by atoms with van der Waals surface area (Å²) in [4.78, 5) is 0. The molecular weight excluding hydrogens is 548 g/mol. The number of aromatic nitrogens is 2. The van der Waals surface area contributed by atoms with Gasteiger partial charge < -0.3 is 13.6 Å². The van der Waals surface area contributed by atoms with Gasteiger partial charge in [-0.3, -0.25) is 0 Å². The Morgan fingerprint density at radius 3 is 1.91 bits per heavy atom. The Hall–Kier alpha value is -6.06. The number of nitrogens with zero attached hydrogens (tertiary/aromatic N) is 2. The summed E-state index contributed by atoms with van der Waals surface area (Å²) in [5.74, 6) is 0. The maximum absolute atomic E-state index is 6.37. The minimum absolute atomic E-state index is 0.895. The zero-order valence-corrected chi connectivity index (χ0v) is 24.3. The second-order valence-corrected chi connectivity index (χ2v) is 11.7. The maximum atomic E-state index is 6.37. The lowest BCUT2D eigenvalue weighted by atomic mass is 10.1. The Labute approximate surface area is 258 Å². The number of rotatable bonds is 3. The molecule has 0 spiro atoms. The third-order valence-electron chi connectivity index (χ3n) is 9.30. The average Bonchev–Trinajstić information content (AvgIpc) is 3.76. The van der Waals surface area contributed by atoms with Gasteiger partial charge in [0.15, 0.2) is 0 Å². The van der Waals surface area contributed by atoms with Crippen molar-refractivity contribution in [1.82, 2.24) is 9.13 Å². The van der Waals surface area contributed by atoms with Gasteiger partial charge in [0.1, 0.15) is 11.2 Å². The number of hydrogen-bond acceptors (Lipinski definition) is 1. The van der Waals surface area contributed by atoms with Gasteiger partial charge in [-0.15, -0.1) is 0 Å². The van der Waals surface area contributed by atoms with Crippen LogP contribution >= 0.6 is 0 Å². The first-order chi connectivity index (χ1) is 22.3. The predicted octanol–water partition coefficient (Wildman–Crippen LogP) is 11.4. The number of hydrogen-bond donors (Lipinski definition) is 0. The molecule has 3 heterocycles. The van der Waals surface area contributed by atoms with E-state index >= 15 is 0 Å². The highest BCUT2D eigenvalue weighted by atomic mass is 16.3. The van der Waals surface area contributed by atoms with Crippen molar-refractivity contribution in [2.75, 3.05) is 0 Å². The van der Waals surface area contributed by atoms with Crippen LogP contribution in [0, 0.1) is 0 Å². The zero-order chi connectivity index (χ0) is 29.5. The molecule has 0 N–H and O–H groups in total. The first kappa shape index (κ1) is 24.4. The van der Waals surface area contributed by atoms with Crippen LogP contribution in [-0.2, 0) is 0 Å². The fourth-order valence-corrected chi connectivity index (χ4v) is 7.43.